The third-order valence-electron chi connectivity index (χ3n) is 3.18. The minimum Gasteiger partial charge on any atom is -0.382 e. The zero-order valence-electron chi connectivity index (χ0n) is 11.8. The highest BCUT2D eigenvalue weighted by atomic mass is 16.5. The fourth-order valence-electron chi connectivity index (χ4n) is 2.32. The molecule has 2 N–H and O–H groups in total. The van der Waals surface area contributed by atoms with Crippen molar-refractivity contribution in [3.05, 3.63) is 0 Å². The van der Waals surface area contributed by atoms with Crippen molar-refractivity contribution in [3.8, 4) is 0 Å². The van der Waals surface area contributed by atoms with Gasteiger partial charge in [-0.05, 0) is 6.42 Å². The third kappa shape index (κ3) is 6.11. The van der Waals surface area contributed by atoms with Gasteiger partial charge in [0.1, 0.15) is 0 Å². The van der Waals surface area contributed by atoms with Crippen LogP contribution in [0, 0.1) is 0 Å². The van der Waals surface area contributed by atoms with Crippen LogP contribution in [0.25, 0.3) is 0 Å². The van der Waals surface area contributed by atoms with E-state index < -0.39 is 0 Å². The Labute approximate surface area is 111 Å². The van der Waals surface area contributed by atoms with Crippen LogP contribution in [0.5, 0.6) is 0 Å². The molecule has 18 heavy (non-hydrogen) atoms. The molecular weight excluding hydrogens is 232 g/mol. The molecular formula is C13H28N2O3. The molecule has 1 aliphatic heterocycles. The minimum atomic E-state index is 0.0675. The molecule has 0 bridgehead atoms. The van der Waals surface area contributed by atoms with E-state index in [4.69, 9.17) is 19.9 Å². The summed E-state index contributed by atoms with van der Waals surface area (Å²) in [5, 5.41) is 0. The molecule has 0 spiro atoms. The van der Waals surface area contributed by atoms with Crippen LogP contribution in [0.15, 0.2) is 0 Å². The summed E-state index contributed by atoms with van der Waals surface area (Å²) < 4.78 is 15.7. The maximum Gasteiger partial charge on any atom is 0.0701 e. The maximum absolute atomic E-state index is 6.19. The van der Waals surface area contributed by atoms with Crippen molar-refractivity contribution in [2.24, 2.45) is 5.73 Å². The van der Waals surface area contributed by atoms with E-state index in [-0.39, 0.29) is 5.54 Å². The SMILES string of the molecule is CCCC1(N)CN(CCOCCOCCOC)C1. The molecule has 1 heterocycles. The topological polar surface area (TPSA) is 57.0 Å². The van der Waals surface area contributed by atoms with Crippen molar-refractivity contribution in [2.45, 2.75) is 25.3 Å². The molecule has 1 aliphatic rings. The van der Waals surface area contributed by atoms with Crippen LogP contribution in [0.2, 0.25) is 0 Å². The van der Waals surface area contributed by atoms with Gasteiger partial charge in [-0.15, -0.1) is 0 Å². The predicted molar refractivity (Wildman–Crippen MR) is 71.8 cm³/mol. The van der Waals surface area contributed by atoms with Crippen LogP contribution in [-0.2, 0) is 14.2 Å². The lowest BCUT2D eigenvalue weighted by Crippen LogP contribution is -2.67. The molecule has 0 aromatic carbocycles. The molecule has 0 aromatic rings. The van der Waals surface area contributed by atoms with Gasteiger partial charge in [-0.1, -0.05) is 13.3 Å². The Morgan fingerprint density at radius 1 is 1.06 bits per heavy atom. The van der Waals surface area contributed by atoms with Crippen molar-refractivity contribution in [1.29, 1.82) is 0 Å². The summed E-state index contributed by atoms with van der Waals surface area (Å²) in [7, 11) is 1.67. The number of ether oxygens (including phenoxy) is 3. The average molecular weight is 260 g/mol. The maximum atomic E-state index is 6.19. The highest BCUT2D eigenvalue weighted by Gasteiger charge is 2.37. The second-order valence-electron chi connectivity index (χ2n) is 5.04. The number of hydrogen-bond acceptors (Lipinski definition) is 5. The minimum absolute atomic E-state index is 0.0675. The number of rotatable bonds is 11. The number of hydrogen-bond donors (Lipinski definition) is 1. The summed E-state index contributed by atoms with van der Waals surface area (Å²) in [4.78, 5) is 2.35. The van der Waals surface area contributed by atoms with Gasteiger partial charge in [-0.3, -0.25) is 4.90 Å². The van der Waals surface area contributed by atoms with Gasteiger partial charge >= 0.3 is 0 Å². The molecule has 1 rings (SSSR count). The van der Waals surface area contributed by atoms with Gasteiger partial charge in [0.05, 0.1) is 33.0 Å². The highest BCUT2D eigenvalue weighted by molar-refractivity contribution is 4.99. The van der Waals surface area contributed by atoms with Gasteiger partial charge < -0.3 is 19.9 Å². The van der Waals surface area contributed by atoms with Crippen molar-refractivity contribution in [2.75, 3.05) is 59.8 Å². The van der Waals surface area contributed by atoms with E-state index >= 15 is 0 Å². The summed E-state index contributed by atoms with van der Waals surface area (Å²) in [6.07, 6.45) is 2.29. The van der Waals surface area contributed by atoms with Gasteiger partial charge in [0, 0.05) is 32.3 Å². The average Bonchev–Trinajstić information content (AvgIpc) is 2.30. The normalized spacial score (nSPS) is 18.8. The first-order chi connectivity index (χ1) is 8.70. The Morgan fingerprint density at radius 2 is 1.67 bits per heavy atom. The van der Waals surface area contributed by atoms with Crippen molar-refractivity contribution in [3.63, 3.8) is 0 Å². The summed E-state index contributed by atoms with van der Waals surface area (Å²) in [6, 6.07) is 0. The number of methoxy groups -OCH3 is 1. The molecule has 5 heteroatoms. The Morgan fingerprint density at radius 3 is 2.28 bits per heavy atom. The zero-order valence-corrected chi connectivity index (χ0v) is 11.8. The fourth-order valence-corrected chi connectivity index (χ4v) is 2.32. The first-order valence-corrected chi connectivity index (χ1v) is 6.86. The number of nitrogens with zero attached hydrogens (tertiary/aromatic N) is 1. The molecule has 0 aromatic heterocycles. The van der Waals surface area contributed by atoms with Gasteiger partial charge in [0.25, 0.3) is 0 Å². The summed E-state index contributed by atoms with van der Waals surface area (Å²) in [5.74, 6) is 0. The molecule has 1 saturated heterocycles. The summed E-state index contributed by atoms with van der Waals surface area (Å²) in [5.41, 5.74) is 6.26. The molecule has 0 atom stereocenters. The van der Waals surface area contributed by atoms with Crippen LogP contribution in [0.3, 0.4) is 0 Å². The fraction of sp³-hybridized carbons (Fsp3) is 1.00. The third-order valence-corrected chi connectivity index (χ3v) is 3.18. The lowest BCUT2D eigenvalue weighted by molar-refractivity contribution is 0.000666. The van der Waals surface area contributed by atoms with E-state index in [9.17, 15) is 0 Å². The van der Waals surface area contributed by atoms with Gasteiger partial charge in [-0.25, -0.2) is 0 Å². The van der Waals surface area contributed by atoms with Crippen molar-refractivity contribution in [1.82, 2.24) is 4.90 Å². The lowest BCUT2D eigenvalue weighted by atomic mass is 9.86. The Balaban J connectivity index is 1.83. The molecule has 0 amide bonds. The predicted octanol–water partition coefficient (Wildman–Crippen LogP) is 0.479. The van der Waals surface area contributed by atoms with Gasteiger partial charge in [0.2, 0.25) is 0 Å². The van der Waals surface area contributed by atoms with Gasteiger partial charge in [0.15, 0.2) is 0 Å². The number of likely N-dealkylation sites (tertiary alicyclic amines) is 1. The molecule has 5 nitrogen and oxygen atoms in total. The standard InChI is InChI=1S/C13H28N2O3/c1-3-4-13(14)11-15(12-13)5-6-17-9-10-18-8-7-16-2/h3-12,14H2,1-2H3. The van der Waals surface area contributed by atoms with Crippen LogP contribution in [-0.4, -0.2) is 70.2 Å². The van der Waals surface area contributed by atoms with Crippen molar-refractivity contribution < 1.29 is 14.2 Å². The summed E-state index contributed by atoms with van der Waals surface area (Å²) in [6.45, 7) is 8.51. The largest absolute Gasteiger partial charge is 0.382 e. The van der Waals surface area contributed by atoms with E-state index in [2.05, 4.69) is 11.8 Å². The first kappa shape index (κ1) is 15.9. The Hall–Kier alpha value is -0.200. The lowest BCUT2D eigenvalue weighted by Gasteiger charge is -2.48. The molecule has 1 fully saturated rings. The van der Waals surface area contributed by atoms with E-state index in [1.165, 1.54) is 6.42 Å². The quantitative estimate of drug-likeness (QED) is 0.548. The van der Waals surface area contributed by atoms with Gasteiger partial charge in [-0.2, -0.15) is 0 Å². The monoisotopic (exact) mass is 260 g/mol. The smallest absolute Gasteiger partial charge is 0.0701 e. The second kappa shape index (κ2) is 8.82. The van der Waals surface area contributed by atoms with Crippen LogP contribution < -0.4 is 5.73 Å². The molecule has 0 radical (unpaired) electrons. The second-order valence-corrected chi connectivity index (χ2v) is 5.04. The van der Waals surface area contributed by atoms with E-state index in [1.807, 2.05) is 0 Å². The van der Waals surface area contributed by atoms with Crippen LogP contribution in [0.1, 0.15) is 19.8 Å². The van der Waals surface area contributed by atoms with Crippen LogP contribution >= 0.6 is 0 Å². The van der Waals surface area contributed by atoms with E-state index in [0.717, 1.165) is 32.7 Å². The summed E-state index contributed by atoms with van der Waals surface area (Å²) >= 11 is 0. The molecule has 108 valence electrons. The van der Waals surface area contributed by atoms with E-state index in [0.29, 0.717) is 26.4 Å². The number of nitrogens with two attached hydrogens (primary N) is 1. The van der Waals surface area contributed by atoms with Crippen molar-refractivity contribution >= 4 is 0 Å². The highest BCUT2D eigenvalue weighted by Crippen LogP contribution is 2.22. The molecule has 0 saturated carbocycles. The van der Waals surface area contributed by atoms with Crippen LogP contribution in [0.4, 0.5) is 0 Å². The molecule has 0 unspecified atom stereocenters. The van der Waals surface area contributed by atoms with E-state index in [1.54, 1.807) is 7.11 Å². The Kier molecular flexibility index (Phi) is 7.77. The zero-order chi connectivity index (χ0) is 13.3. The Bertz CT molecular complexity index is 208. The first-order valence-electron chi connectivity index (χ1n) is 6.86. The molecule has 0 aliphatic carbocycles.